The van der Waals surface area contributed by atoms with Gasteiger partial charge in [-0.25, -0.2) is 0 Å². The SMILES string of the molecule is COC(=O)C(C)(CCCN1C(=O)c2ccccc2C1=O)C(=O)O. The average molecular weight is 319 g/mol. The molecule has 1 aromatic carbocycles. The molecule has 1 aliphatic rings. The third-order valence-electron chi connectivity index (χ3n) is 4.04. The Morgan fingerprint density at radius 2 is 1.70 bits per heavy atom. The van der Waals surface area contributed by atoms with Crippen molar-refractivity contribution in [2.24, 2.45) is 5.41 Å². The highest BCUT2D eigenvalue weighted by molar-refractivity contribution is 6.21. The fourth-order valence-corrected chi connectivity index (χ4v) is 2.55. The van der Waals surface area contributed by atoms with E-state index < -0.39 is 29.2 Å². The van der Waals surface area contributed by atoms with Gasteiger partial charge >= 0.3 is 11.9 Å². The van der Waals surface area contributed by atoms with Crippen LogP contribution >= 0.6 is 0 Å². The molecule has 7 heteroatoms. The second-order valence-electron chi connectivity index (χ2n) is 5.54. The Morgan fingerprint density at radius 3 is 2.13 bits per heavy atom. The monoisotopic (exact) mass is 319 g/mol. The minimum atomic E-state index is -1.70. The molecule has 0 fully saturated rings. The van der Waals surface area contributed by atoms with Crippen molar-refractivity contribution in [1.29, 1.82) is 0 Å². The topological polar surface area (TPSA) is 101 Å². The molecule has 1 atom stereocenters. The molecule has 2 rings (SSSR count). The highest BCUT2D eigenvalue weighted by Crippen LogP contribution is 2.27. The number of rotatable bonds is 6. The van der Waals surface area contributed by atoms with E-state index in [0.29, 0.717) is 11.1 Å². The predicted molar refractivity (Wildman–Crippen MR) is 78.8 cm³/mol. The van der Waals surface area contributed by atoms with Gasteiger partial charge in [-0.05, 0) is 31.9 Å². The number of hydrogen-bond donors (Lipinski definition) is 1. The van der Waals surface area contributed by atoms with Gasteiger partial charge in [0.05, 0.1) is 18.2 Å². The van der Waals surface area contributed by atoms with Crippen LogP contribution in [-0.2, 0) is 14.3 Å². The summed E-state index contributed by atoms with van der Waals surface area (Å²) >= 11 is 0. The maximum atomic E-state index is 12.2. The van der Waals surface area contributed by atoms with E-state index >= 15 is 0 Å². The summed E-state index contributed by atoms with van der Waals surface area (Å²) < 4.78 is 4.52. The number of carboxylic acid groups (broad SMARTS) is 1. The third kappa shape index (κ3) is 2.81. The van der Waals surface area contributed by atoms with Crippen LogP contribution < -0.4 is 0 Å². The van der Waals surface area contributed by atoms with Crippen LogP contribution in [-0.4, -0.2) is 47.4 Å². The van der Waals surface area contributed by atoms with Gasteiger partial charge in [-0.15, -0.1) is 0 Å². The first kappa shape index (κ1) is 16.7. The molecule has 1 aromatic rings. The maximum absolute atomic E-state index is 12.2. The number of carbonyl (C=O) groups excluding carboxylic acids is 3. The Hall–Kier alpha value is -2.70. The first-order valence-corrected chi connectivity index (χ1v) is 7.10. The number of esters is 1. The van der Waals surface area contributed by atoms with Crippen LogP contribution in [0.2, 0.25) is 0 Å². The molecule has 2 amide bonds. The van der Waals surface area contributed by atoms with E-state index in [9.17, 15) is 24.3 Å². The molecule has 0 radical (unpaired) electrons. The van der Waals surface area contributed by atoms with Crippen LogP contribution in [0.1, 0.15) is 40.5 Å². The molecule has 122 valence electrons. The summed E-state index contributed by atoms with van der Waals surface area (Å²) in [6.45, 7) is 1.32. The van der Waals surface area contributed by atoms with E-state index in [-0.39, 0.29) is 19.4 Å². The highest BCUT2D eigenvalue weighted by atomic mass is 16.5. The number of aliphatic carboxylic acids is 1. The first-order chi connectivity index (χ1) is 10.8. The lowest BCUT2D eigenvalue weighted by molar-refractivity contribution is -0.166. The summed E-state index contributed by atoms with van der Waals surface area (Å²) in [6, 6.07) is 6.50. The number of nitrogens with zero attached hydrogens (tertiary/aromatic N) is 1. The number of benzene rings is 1. The molecular formula is C16H17NO6. The molecule has 1 aliphatic heterocycles. The molecule has 7 nitrogen and oxygen atoms in total. The van der Waals surface area contributed by atoms with Gasteiger partial charge in [-0.1, -0.05) is 12.1 Å². The van der Waals surface area contributed by atoms with Crippen molar-refractivity contribution in [3.8, 4) is 0 Å². The first-order valence-electron chi connectivity index (χ1n) is 7.10. The molecular weight excluding hydrogens is 302 g/mol. The largest absolute Gasteiger partial charge is 0.480 e. The number of methoxy groups -OCH3 is 1. The van der Waals surface area contributed by atoms with Gasteiger partial charge in [0.15, 0.2) is 5.41 Å². The summed E-state index contributed by atoms with van der Waals surface area (Å²) in [5.41, 5.74) is -1.02. The molecule has 1 heterocycles. The number of amides is 2. The van der Waals surface area contributed by atoms with Gasteiger partial charge in [0.25, 0.3) is 11.8 Å². The van der Waals surface area contributed by atoms with E-state index in [1.807, 2.05) is 0 Å². The molecule has 0 aliphatic carbocycles. The molecule has 0 bridgehead atoms. The van der Waals surface area contributed by atoms with E-state index in [1.165, 1.54) is 6.92 Å². The number of carbonyl (C=O) groups is 4. The fourth-order valence-electron chi connectivity index (χ4n) is 2.55. The van der Waals surface area contributed by atoms with Gasteiger partial charge in [-0.3, -0.25) is 24.1 Å². The second-order valence-corrected chi connectivity index (χ2v) is 5.54. The van der Waals surface area contributed by atoms with Crippen LogP contribution in [0.3, 0.4) is 0 Å². The average Bonchev–Trinajstić information content (AvgIpc) is 2.79. The molecule has 0 aromatic heterocycles. The lowest BCUT2D eigenvalue weighted by atomic mass is 9.85. The van der Waals surface area contributed by atoms with E-state index in [4.69, 9.17) is 0 Å². The zero-order valence-electron chi connectivity index (χ0n) is 12.9. The molecule has 1 N–H and O–H groups in total. The molecule has 23 heavy (non-hydrogen) atoms. The molecule has 0 spiro atoms. The predicted octanol–water partition coefficient (Wildman–Crippen LogP) is 1.33. The van der Waals surface area contributed by atoms with Gasteiger partial charge in [-0.2, -0.15) is 0 Å². The van der Waals surface area contributed by atoms with Gasteiger partial charge in [0, 0.05) is 6.54 Å². The van der Waals surface area contributed by atoms with Crippen molar-refractivity contribution in [1.82, 2.24) is 4.90 Å². The van der Waals surface area contributed by atoms with Crippen LogP contribution in [0.25, 0.3) is 0 Å². The maximum Gasteiger partial charge on any atom is 0.322 e. The standard InChI is InChI=1S/C16H17NO6/c1-16(14(20)21,15(22)23-2)8-5-9-17-12(18)10-6-3-4-7-11(10)13(17)19/h3-4,6-7H,5,8-9H2,1-2H3,(H,20,21). The number of fused-ring (bicyclic) bond motifs is 1. The van der Waals surface area contributed by atoms with Crippen molar-refractivity contribution >= 4 is 23.8 Å². The number of hydrogen-bond acceptors (Lipinski definition) is 5. The normalized spacial score (nSPS) is 16.0. The van der Waals surface area contributed by atoms with Gasteiger partial charge < -0.3 is 9.84 Å². The Kier molecular flexibility index (Phi) is 4.49. The van der Waals surface area contributed by atoms with Crippen molar-refractivity contribution in [2.45, 2.75) is 19.8 Å². The van der Waals surface area contributed by atoms with Crippen LogP contribution in [0, 0.1) is 5.41 Å². The van der Waals surface area contributed by atoms with E-state index in [2.05, 4.69) is 4.74 Å². The minimum Gasteiger partial charge on any atom is -0.480 e. The van der Waals surface area contributed by atoms with Crippen molar-refractivity contribution in [2.75, 3.05) is 13.7 Å². The number of carboxylic acids is 1. The Morgan fingerprint density at radius 1 is 1.17 bits per heavy atom. The molecule has 0 saturated carbocycles. The van der Waals surface area contributed by atoms with Crippen molar-refractivity contribution in [3.05, 3.63) is 35.4 Å². The van der Waals surface area contributed by atoms with E-state index in [1.54, 1.807) is 24.3 Å². The zero-order valence-corrected chi connectivity index (χ0v) is 12.9. The molecule has 1 unspecified atom stereocenters. The third-order valence-corrected chi connectivity index (χ3v) is 4.04. The fraction of sp³-hybridized carbons (Fsp3) is 0.375. The summed E-state index contributed by atoms with van der Waals surface area (Å²) in [7, 11) is 1.12. The summed E-state index contributed by atoms with van der Waals surface area (Å²) in [6.07, 6.45) is 0.145. The quantitative estimate of drug-likeness (QED) is 0.482. The Balaban J connectivity index is 2.05. The second kappa shape index (κ2) is 6.20. The minimum absolute atomic E-state index is 0.0393. The van der Waals surface area contributed by atoms with Crippen LogP contribution in [0.5, 0.6) is 0 Å². The van der Waals surface area contributed by atoms with Crippen LogP contribution in [0.15, 0.2) is 24.3 Å². The zero-order chi connectivity index (χ0) is 17.2. The van der Waals surface area contributed by atoms with Gasteiger partial charge in [0.2, 0.25) is 0 Å². The van der Waals surface area contributed by atoms with Crippen LogP contribution in [0.4, 0.5) is 0 Å². The summed E-state index contributed by atoms with van der Waals surface area (Å²) in [5.74, 6) is -2.96. The van der Waals surface area contributed by atoms with Gasteiger partial charge in [0.1, 0.15) is 0 Å². The summed E-state index contributed by atoms with van der Waals surface area (Å²) in [5, 5.41) is 9.22. The number of imide groups is 1. The van der Waals surface area contributed by atoms with Crippen molar-refractivity contribution < 1.29 is 29.0 Å². The lowest BCUT2D eigenvalue weighted by Crippen LogP contribution is -2.39. The highest BCUT2D eigenvalue weighted by Gasteiger charge is 2.43. The lowest BCUT2D eigenvalue weighted by Gasteiger charge is -2.22. The van der Waals surface area contributed by atoms with E-state index in [0.717, 1.165) is 12.0 Å². The molecule has 0 saturated heterocycles. The Labute approximate surface area is 132 Å². The Bertz CT molecular complexity index is 648. The summed E-state index contributed by atoms with van der Waals surface area (Å²) in [4.78, 5) is 48.4. The number of ether oxygens (including phenoxy) is 1. The smallest absolute Gasteiger partial charge is 0.322 e. The van der Waals surface area contributed by atoms with Crippen molar-refractivity contribution in [3.63, 3.8) is 0 Å².